The maximum atomic E-state index is 12.5. The highest BCUT2D eigenvalue weighted by Gasteiger charge is 2.14. The Morgan fingerprint density at radius 2 is 1.85 bits per heavy atom. The Morgan fingerprint density at radius 1 is 1.04 bits per heavy atom. The van der Waals surface area contributed by atoms with Crippen molar-refractivity contribution in [3.05, 3.63) is 47.8 Å². The van der Waals surface area contributed by atoms with Crippen molar-refractivity contribution < 1.29 is 23.8 Å². The van der Waals surface area contributed by atoms with Crippen LogP contribution >= 0.6 is 0 Å². The number of ether oxygens (including phenoxy) is 3. The van der Waals surface area contributed by atoms with Gasteiger partial charge in [-0.15, -0.1) is 0 Å². The van der Waals surface area contributed by atoms with Crippen molar-refractivity contribution in [2.45, 2.75) is 6.42 Å². The smallest absolute Gasteiger partial charge is 0.274 e. The maximum Gasteiger partial charge on any atom is 0.274 e. The van der Waals surface area contributed by atoms with E-state index in [1.807, 2.05) is 0 Å². The van der Waals surface area contributed by atoms with Crippen molar-refractivity contribution in [3.8, 4) is 11.5 Å². The van der Waals surface area contributed by atoms with Crippen LogP contribution in [0.5, 0.6) is 11.5 Å². The highest BCUT2D eigenvalue weighted by molar-refractivity contribution is 6.05. The highest BCUT2D eigenvalue weighted by atomic mass is 16.5. The van der Waals surface area contributed by atoms with Crippen LogP contribution in [0.25, 0.3) is 0 Å². The van der Waals surface area contributed by atoms with Crippen molar-refractivity contribution in [2.75, 3.05) is 39.8 Å². The Hall–Kier alpha value is -3.13. The number of rotatable bonds is 9. The monoisotopic (exact) mass is 373 g/mol. The van der Waals surface area contributed by atoms with E-state index in [0.29, 0.717) is 42.3 Å². The number of nitrogens with one attached hydrogen (secondary N) is 2. The summed E-state index contributed by atoms with van der Waals surface area (Å²) in [6, 6.07) is 8.04. The Labute approximate surface area is 157 Å². The number of nitrogens with zero attached hydrogens (tertiary/aromatic N) is 1. The molecule has 0 fully saturated rings. The number of carbonyl (C=O) groups is 2. The van der Waals surface area contributed by atoms with E-state index in [2.05, 4.69) is 15.6 Å². The molecule has 0 aliphatic carbocycles. The molecule has 8 heteroatoms. The summed E-state index contributed by atoms with van der Waals surface area (Å²) in [5.41, 5.74) is 0.910. The van der Waals surface area contributed by atoms with Gasteiger partial charge in [-0.05, 0) is 30.7 Å². The van der Waals surface area contributed by atoms with E-state index in [1.165, 1.54) is 26.5 Å². The van der Waals surface area contributed by atoms with Gasteiger partial charge in [-0.3, -0.25) is 14.6 Å². The van der Waals surface area contributed by atoms with E-state index in [1.54, 1.807) is 31.4 Å². The van der Waals surface area contributed by atoms with Crippen molar-refractivity contribution in [3.63, 3.8) is 0 Å². The Bertz CT molecular complexity index is 795. The summed E-state index contributed by atoms with van der Waals surface area (Å²) >= 11 is 0. The molecule has 0 atom stereocenters. The lowest BCUT2D eigenvalue weighted by Crippen LogP contribution is -2.26. The molecule has 2 amide bonds. The molecule has 144 valence electrons. The zero-order valence-corrected chi connectivity index (χ0v) is 15.6. The molecule has 0 aliphatic heterocycles. The molecule has 2 N–H and O–H groups in total. The lowest BCUT2D eigenvalue weighted by molar-refractivity contribution is 0.0948. The molecule has 8 nitrogen and oxygen atoms in total. The van der Waals surface area contributed by atoms with Crippen molar-refractivity contribution in [1.82, 2.24) is 10.3 Å². The van der Waals surface area contributed by atoms with Crippen molar-refractivity contribution in [2.24, 2.45) is 0 Å². The first-order valence-corrected chi connectivity index (χ1v) is 8.35. The third-order valence-corrected chi connectivity index (χ3v) is 3.72. The SMILES string of the molecule is COCCCNC(=O)c1ccnc(C(=O)Nc2cc(OC)ccc2OC)c1. The molecule has 1 aromatic carbocycles. The summed E-state index contributed by atoms with van der Waals surface area (Å²) < 4.78 is 15.3. The molecule has 0 saturated heterocycles. The number of pyridine rings is 1. The summed E-state index contributed by atoms with van der Waals surface area (Å²) in [6.07, 6.45) is 2.12. The molecule has 1 aromatic heterocycles. The van der Waals surface area contributed by atoms with Crippen LogP contribution in [0.1, 0.15) is 27.3 Å². The standard InChI is InChI=1S/C19H23N3O5/c1-25-10-4-8-21-18(23)13-7-9-20-16(11-13)19(24)22-15-12-14(26-2)5-6-17(15)27-3/h5-7,9,11-12H,4,8,10H2,1-3H3,(H,21,23)(H,22,24). The fraction of sp³-hybridized carbons (Fsp3) is 0.316. The van der Waals surface area contributed by atoms with Gasteiger partial charge in [-0.1, -0.05) is 0 Å². The Morgan fingerprint density at radius 3 is 2.56 bits per heavy atom. The molecular weight excluding hydrogens is 350 g/mol. The lowest BCUT2D eigenvalue weighted by Gasteiger charge is -2.12. The summed E-state index contributed by atoms with van der Waals surface area (Å²) in [5.74, 6) is 0.316. The summed E-state index contributed by atoms with van der Waals surface area (Å²) in [5, 5.41) is 5.49. The van der Waals surface area contributed by atoms with Gasteiger partial charge in [0.2, 0.25) is 0 Å². The summed E-state index contributed by atoms with van der Waals surface area (Å²) in [4.78, 5) is 28.8. The van der Waals surface area contributed by atoms with Crippen LogP contribution in [-0.4, -0.2) is 51.3 Å². The van der Waals surface area contributed by atoms with E-state index in [-0.39, 0.29) is 11.6 Å². The molecule has 1 heterocycles. The number of hydrogen-bond acceptors (Lipinski definition) is 6. The first kappa shape index (κ1) is 20.2. The van der Waals surface area contributed by atoms with Gasteiger partial charge < -0.3 is 24.8 Å². The highest BCUT2D eigenvalue weighted by Crippen LogP contribution is 2.29. The van der Waals surface area contributed by atoms with Crippen LogP contribution in [0, 0.1) is 0 Å². The Balaban J connectivity index is 2.10. The largest absolute Gasteiger partial charge is 0.497 e. The molecule has 2 rings (SSSR count). The zero-order valence-electron chi connectivity index (χ0n) is 15.6. The first-order valence-electron chi connectivity index (χ1n) is 8.35. The van der Waals surface area contributed by atoms with Gasteiger partial charge in [0.15, 0.2) is 0 Å². The molecule has 0 unspecified atom stereocenters. The predicted molar refractivity (Wildman–Crippen MR) is 101 cm³/mol. The predicted octanol–water partition coefficient (Wildman–Crippen LogP) is 2.12. The van der Waals surface area contributed by atoms with Crippen LogP contribution < -0.4 is 20.1 Å². The van der Waals surface area contributed by atoms with Gasteiger partial charge in [0.05, 0.1) is 19.9 Å². The van der Waals surface area contributed by atoms with Gasteiger partial charge in [0, 0.05) is 38.1 Å². The normalized spacial score (nSPS) is 10.2. The van der Waals surface area contributed by atoms with E-state index in [4.69, 9.17) is 14.2 Å². The minimum Gasteiger partial charge on any atom is -0.497 e. The van der Waals surface area contributed by atoms with E-state index < -0.39 is 5.91 Å². The molecule has 0 spiro atoms. The molecule has 0 aliphatic rings. The fourth-order valence-electron chi connectivity index (χ4n) is 2.31. The molecule has 27 heavy (non-hydrogen) atoms. The quantitative estimate of drug-likeness (QED) is 0.653. The number of anilines is 1. The van der Waals surface area contributed by atoms with Crippen molar-refractivity contribution >= 4 is 17.5 Å². The molecule has 0 saturated carbocycles. The van der Waals surface area contributed by atoms with E-state index >= 15 is 0 Å². The number of amides is 2. The van der Waals surface area contributed by atoms with Gasteiger partial charge in [-0.2, -0.15) is 0 Å². The number of hydrogen-bond donors (Lipinski definition) is 2. The van der Waals surface area contributed by atoms with Crippen LogP contribution in [0.4, 0.5) is 5.69 Å². The number of benzene rings is 1. The van der Waals surface area contributed by atoms with Gasteiger partial charge in [0.1, 0.15) is 17.2 Å². The first-order chi connectivity index (χ1) is 13.1. The van der Waals surface area contributed by atoms with Crippen LogP contribution in [-0.2, 0) is 4.74 Å². The summed E-state index contributed by atoms with van der Waals surface area (Å²) in [7, 11) is 4.64. The molecular formula is C19H23N3O5. The average Bonchev–Trinajstić information content (AvgIpc) is 2.71. The number of methoxy groups -OCH3 is 3. The van der Waals surface area contributed by atoms with E-state index in [9.17, 15) is 9.59 Å². The topological polar surface area (TPSA) is 98.8 Å². The van der Waals surface area contributed by atoms with Crippen LogP contribution in [0.15, 0.2) is 36.5 Å². The van der Waals surface area contributed by atoms with Gasteiger partial charge >= 0.3 is 0 Å². The van der Waals surface area contributed by atoms with Crippen molar-refractivity contribution in [1.29, 1.82) is 0 Å². The zero-order chi connectivity index (χ0) is 19.6. The molecule has 0 radical (unpaired) electrons. The minimum atomic E-state index is -0.462. The van der Waals surface area contributed by atoms with Gasteiger partial charge in [-0.25, -0.2) is 0 Å². The van der Waals surface area contributed by atoms with Crippen LogP contribution in [0.3, 0.4) is 0 Å². The Kier molecular flexibility index (Phi) is 7.57. The minimum absolute atomic E-state index is 0.115. The number of aromatic nitrogens is 1. The average molecular weight is 373 g/mol. The third-order valence-electron chi connectivity index (χ3n) is 3.72. The second kappa shape index (κ2) is 10.1. The maximum absolute atomic E-state index is 12.5. The second-order valence-electron chi connectivity index (χ2n) is 5.55. The third kappa shape index (κ3) is 5.68. The number of carbonyl (C=O) groups excluding carboxylic acids is 2. The van der Waals surface area contributed by atoms with E-state index in [0.717, 1.165) is 0 Å². The lowest BCUT2D eigenvalue weighted by atomic mass is 10.2. The molecule has 2 aromatic rings. The fourth-order valence-corrected chi connectivity index (χ4v) is 2.31. The summed E-state index contributed by atoms with van der Waals surface area (Å²) in [6.45, 7) is 1.05. The van der Waals surface area contributed by atoms with Gasteiger partial charge in [0.25, 0.3) is 11.8 Å². The second-order valence-corrected chi connectivity index (χ2v) is 5.55. The van der Waals surface area contributed by atoms with Crippen LogP contribution in [0.2, 0.25) is 0 Å². The molecule has 0 bridgehead atoms.